The van der Waals surface area contributed by atoms with Gasteiger partial charge in [-0.3, -0.25) is 0 Å². The maximum Gasteiger partial charge on any atom is 0.352 e. The molecule has 4 rings (SSSR count). The highest BCUT2D eigenvalue weighted by Crippen LogP contribution is 2.49. The fraction of sp³-hybridized carbons (Fsp3) is 0.111. The number of benzene rings is 4. The average Bonchev–Trinajstić information content (AvgIpc) is 3.03. The van der Waals surface area contributed by atoms with E-state index in [1.54, 1.807) is 19.9 Å². The van der Waals surface area contributed by atoms with Gasteiger partial charge < -0.3 is 14.6 Å². The summed E-state index contributed by atoms with van der Waals surface area (Å²) in [7, 11) is 0. The molecule has 0 aliphatic rings. The Kier molecular flexibility index (Phi) is 10.2. The maximum atomic E-state index is 14.0. The van der Waals surface area contributed by atoms with E-state index in [-0.39, 0.29) is 18.1 Å². The Morgan fingerprint density at radius 2 is 1.24 bits per heavy atom. The van der Waals surface area contributed by atoms with Crippen LogP contribution in [0.25, 0.3) is 0 Å². The molecule has 0 aliphatic heterocycles. The van der Waals surface area contributed by atoms with Crippen molar-refractivity contribution >= 4 is 34.1 Å². The Hall–Kier alpha value is -4.53. The molecule has 0 bridgehead atoms. The highest BCUT2D eigenvalue weighted by atomic mass is 31.2. The van der Waals surface area contributed by atoms with Crippen LogP contribution < -0.4 is 15.9 Å². The fourth-order valence-electron chi connectivity index (χ4n) is 4.98. The molecule has 0 saturated carbocycles. The second-order valence-corrected chi connectivity index (χ2v) is 12.5. The van der Waals surface area contributed by atoms with Crippen LogP contribution in [0.3, 0.4) is 0 Å². The Bertz CT molecular complexity index is 1450. The van der Waals surface area contributed by atoms with E-state index in [0.29, 0.717) is 0 Å². The summed E-state index contributed by atoms with van der Waals surface area (Å²) in [5, 5.41) is 14.8. The monoisotopic (exact) mass is 562 g/mol. The zero-order valence-corrected chi connectivity index (χ0v) is 24.3. The SMILES string of the molecule is C=C/C=C(O)\C(=C/C)OC(C(=O)OCC)C(c1ccccc1)=P(c1ccccc1)(c1ccccc1)c1ccccc1. The van der Waals surface area contributed by atoms with Crippen LogP contribution in [-0.2, 0) is 14.3 Å². The topological polar surface area (TPSA) is 55.8 Å². The summed E-state index contributed by atoms with van der Waals surface area (Å²) in [5.41, 5.74) is 0.845. The van der Waals surface area contributed by atoms with Gasteiger partial charge in [0.2, 0.25) is 6.10 Å². The number of carbonyl (C=O) groups is 1. The Morgan fingerprint density at radius 3 is 1.63 bits per heavy atom. The molecule has 0 saturated heterocycles. The molecule has 1 unspecified atom stereocenters. The van der Waals surface area contributed by atoms with Crippen molar-refractivity contribution in [3.05, 3.63) is 163 Å². The van der Waals surface area contributed by atoms with Crippen molar-refractivity contribution in [2.24, 2.45) is 0 Å². The van der Waals surface area contributed by atoms with Gasteiger partial charge in [0.15, 0.2) is 11.5 Å². The van der Waals surface area contributed by atoms with Crippen LogP contribution in [0.15, 0.2) is 158 Å². The molecule has 4 aromatic carbocycles. The number of allylic oxidation sites excluding steroid dienone is 3. The molecule has 0 fully saturated rings. The molecule has 4 nitrogen and oxygen atoms in total. The molecular weight excluding hydrogens is 527 g/mol. The molecule has 0 radical (unpaired) electrons. The smallest absolute Gasteiger partial charge is 0.352 e. The summed E-state index contributed by atoms with van der Waals surface area (Å²) in [5.74, 6) is -0.514. The summed E-state index contributed by atoms with van der Waals surface area (Å²) in [4.78, 5) is 14.0. The van der Waals surface area contributed by atoms with E-state index in [1.807, 2.05) is 84.9 Å². The van der Waals surface area contributed by atoms with Crippen LogP contribution in [0.1, 0.15) is 19.4 Å². The lowest BCUT2D eigenvalue weighted by atomic mass is 10.1. The molecule has 0 heterocycles. The quantitative estimate of drug-likeness (QED) is 0.0959. The minimum atomic E-state index is -2.79. The highest BCUT2D eigenvalue weighted by molar-refractivity contribution is 7.95. The number of esters is 1. The van der Waals surface area contributed by atoms with Crippen LogP contribution in [0.2, 0.25) is 0 Å². The molecule has 1 N–H and O–H groups in total. The third-order valence-corrected chi connectivity index (χ3v) is 11.1. The normalized spacial score (nSPS) is 12.7. The first-order chi connectivity index (χ1) is 20.1. The predicted octanol–water partition coefficient (Wildman–Crippen LogP) is 6.68. The fourth-order valence-corrected chi connectivity index (χ4v) is 9.61. The largest absolute Gasteiger partial charge is 0.504 e. The Labute approximate surface area is 242 Å². The molecule has 0 aliphatic carbocycles. The van der Waals surface area contributed by atoms with E-state index in [1.165, 1.54) is 12.2 Å². The van der Waals surface area contributed by atoms with Gasteiger partial charge in [-0.1, -0.05) is 134 Å². The van der Waals surface area contributed by atoms with Crippen LogP contribution in [0.4, 0.5) is 0 Å². The van der Waals surface area contributed by atoms with Crippen molar-refractivity contribution < 1.29 is 19.4 Å². The standard InChI is InChI=1S/C36H35O4P/c1-4-19-32(37)33(5-2)40-34(36(38)39-6-3)35(28-20-11-7-12-21-28)41(29-22-13-8-14-23-29,30-24-15-9-16-25-30)31-26-17-10-18-27-31/h4-5,7-27,34,37H,1,6H2,2-3H3/b32-19+,33-5+. The van der Waals surface area contributed by atoms with E-state index in [0.717, 1.165) is 26.8 Å². The lowest BCUT2D eigenvalue weighted by Gasteiger charge is -2.36. The van der Waals surface area contributed by atoms with Crippen LogP contribution in [0, 0.1) is 0 Å². The van der Waals surface area contributed by atoms with E-state index < -0.39 is 19.0 Å². The van der Waals surface area contributed by atoms with Crippen molar-refractivity contribution in [2.75, 3.05) is 6.61 Å². The summed E-state index contributed by atoms with van der Waals surface area (Å²) in [6, 6.07) is 40.7. The average molecular weight is 563 g/mol. The third-order valence-electron chi connectivity index (χ3n) is 6.65. The molecule has 1 atom stereocenters. The molecule has 5 heteroatoms. The molecule has 41 heavy (non-hydrogen) atoms. The van der Waals surface area contributed by atoms with Crippen molar-refractivity contribution in [3.8, 4) is 0 Å². The van der Waals surface area contributed by atoms with Crippen LogP contribution >= 0.6 is 6.89 Å². The Morgan fingerprint density at radius 1 is 0.805 bits per heavy atom. The Balaban J connectivity index is 2.29. The van der Waals surface area contributed by atoms with Gasteiger partial charge in [-0.2, -0.15) is 0 Å². The van der Waals surface area contributed by atoms with Crippen LogP contribution in [-0.4, -0.2) is 29.1 Å². The van der Waals surface area contributed by atoms with Gasteiger partial charge in [0.05, 0.1) is 6.61 Å². The second kappa shape index (κ2) is 14.2. The van der Waals surface area contributed by atoms with Gasteiger partial charge in [-0.05, 0) is 54.4 Å². The summed E-state index contributed by atoms with van der Waals surface area (Å²) >= 11 is 0. The third kappa shape index (κ3) is 6.29. The number of hydrogen-bond donors (Lipinski definition) is 1. The summed E-state index contributed by atoms with van der Waals surface area (Å²) < 4.78 is 12.2. The minimum absolute atomic E-state index is 0.132. The summed E-state index contributed by atoms with van der Waals surface area (Å²) in [6.45, 7) is 4.60. The van der Waals surface area contributed by atoms with Gasteiger partial charge in [0.1, 0.15) is 0 Å². The van der Waals surface area contributed by atoms with Crippen molar-refractivity contribution in [1.29, 1.82) is 0 Å². The van der Waals surface area contributed by atoms with E-state index in [4.69, 9.17) is 9.47 Å². The predicted molar refractivity (Wildman–Crippen MR) is 172 cm³/mol. The van der Waals surface area contributed by atoms with Crippen molar-refractivity contribution in [1.82, 2.24) is 0 Å². The lowest BCUT2D eigenvalue weighted by Crippen LogP contribution is -2.41. The van der Waals surface area contributed by atoms with E-state index in [9.17, 15) is 9.90 Å². The number of aliphatic hydroxyl groups excluding tert-OH is 1. The zero-order valence-electron chi connectivity index (χ0n) is 23.4. The van der Waals surface area contributed by atoms with Gasteiger partial charge in [0.25, 0.3) is 0 Å². The van der Waals surface area contributed by atoms with E-state index in [2.05, 4.69) is 43.0 Å². The first-order valence-corrected chi connectivity index (χ1v) is 15.4. The first-order valence-electron chi connectivity index (χ1n) is 13.6. The molecule has 0 aromatic heterocycles. The molecular formula is C36H35O4P. The molecule has 208 valence electrons. The number of rotatable bonds is 11. The molecule has 0 amide bonds. The maximum absolute atomic E-state index is 14.0. The van der Waals surface area contributed by atoms with Gasteiger partial charge in [0, 0.05) is 5.29 Å². The molecule has 4 aromatic rings. The van der Waals surface area contributed by atoms with Gasteiger partial charge >= 0.3 is 5.97 Å². The highest BCUT2D eigenvalue weighted by Gasteiger charge is 2.39. The van der Waals surface area contributed by atoms with Crippen LogP contribution in [0.5, 0.6) is 0 Å². The minimum Gasteiger partial charge on any atom is -0.504 e. The molecule has 0 spiro atoms. The van der Waals surface area contributed by atoms with Gasteiger partial charge in [-0.15, -0.1) is 0 Å². The number of ether oxygens (including phenoxy) is 2. The lowest BCUT2D eigenvalue weighted by molar-refractivity contribution is -0.150. The van der Waals surface area contributed by atoms with Gasteiger partial charge in [-0.25, -0.2) is 4.79 Å². The number of aliphatic hydroxyl groups is 1. The zero-order chi connectivity index (χ0) is 29.1. The van der Waals surface area contributed by atoms with Crippen molar-refractivity contribution in [3.63, 3.8) is 0 Å². The number of hydrogen-bond acceptors (Lipinski definition) is 4. The first kappa shape index (κ1) is 29.5. The number of carbonyl (C=O) groups excluding carboxylic acids is 1. The summed E-state index contributed by atoms with van der Waals surface area (Å²) in [6.07, 6.45) is 3.36. The van der Waals surface area contributed by atoms with Crippen molar-refractivity contribution in [2.45, 2.75) is 20.0 Å². The second-order valence-electron chi connectivity index (χ2n) is 9.12. The van der Waals surface area contributed by atoms with E-state index >= 15 is 0 Å².